The first-order valence-corrected chi connectivity index (χ1v) is 9.44. The lowest BCUT2D eigenvalue weighted by molar-refractivity contribution is 0.121. The van der Waals surface area contributed by atoms with Crippen molar-refractivity contribution in [3.05, 3.63) is 41.9 Å². The Balaban J connectivity index is 1.78. The molecule has 3 rings (SSSR count). The van der Waals surface area contributed by atoms with Crippen molar-refractivity contribution in [3.63, 3.8) is 0 Å². The van der Waals surface area contributed by atoms with Crippen molar-refractivity contribution in [3.8, 4) is 5.75 Å². The third-order valence-corrected chi connectivity index (χ3v) is 4.61. The molecule has 0 saturated carbocycles. The maximum Gasteiger partial charge on any atom is 0.409 e. The number of nitrogens with zero attached hydrogens (tertiary/aromatic N) is 4. The number of rotatable bonds is 5. The van der Waals surface area contributed by atoms with Crippen molar-refractivity contribution in [2.75, 3.05) is 43.9 Å². The number of carbonyl (C=O) groups is 1. The number of ether oxygens (including phenoxy) is 2. The molecule has 2 heterocycles. The third-order valence-electron chi connectivity index (χ3n) is 4.61. The van der Waals surface area contributed by atoms with E-state index in [1.807, 2.05) is 13.8 Å². The fourth-order valence-electron chi connectivity index (χ4n) is 3.14. The van der Waals surface area contributed by atoms with Crippen molar-refractivity contribution in [2.24, 2.45) is 0 Å². The second kappa shape index (κ2) is 8.76. The van der Waals surface area contributed by atoms with Gasteiger partial charge in [0.25, 0.3) is 0 Å². The molecule has 1 aromatic carbocycles. The highest BCUT2D eigenvalue weighted by Gasteiger charge is 2.23. The molecule has 0 spiro atoms. The molecule has 1 fully saturated rings. The molecule has 1 saturated heterocycles. The topological polar surface area (TPSA) is 118 Å². The fourth-order valence-corrected chi connectivity index (χ4v) is 3.14. The highest BCUT2D eigenvalue weighted by molar-refractivity contribution is 6.13. The summed E-state index contributed by atoms with van der Waals surface area (Å²) in [7, 11) is 1.38. The molecule has 154 valence electrons. The van der Waals surface area contributed by atoms with Gasteiger partial charge in [-0.05, 0) is 32.0 Å². The molecule has 0 aliphatic carbocycles. The smallest absolute Gasteiger partial charge is 0.409 e. The molecule has 9 nitrogen and oxygen atoms in total. The molecular formula is C20H26N6O3. The van der Waals surface area contributed by atoms with Crippen molar-refractivity contribution >= 4 is 23.3 Å². The molecule has 1 aromatic heterocycles. The molecule has 1 aliphatic heterocycles. The van der Waals surface area contributed by atoms with E-state index in [-0.39, 0.29) is 17.9 Å². The first kappa shape index (κ1) is 20.4. The summed E-state index contributed by atoms with van der Waals surface area (Å²) < 4.78 is 10.5. The monoisotopic (exact) mass is 398 g/mol. The average Bonchev–Trinajstić information content (AvgIpc) is 2.74. The molecule has 0 atom stereocenters. The van der Waals surface area contributed by atoms with Gasteiger partial charge in [-0.2, -0.15) is 0 Å². The summed E-state index contributed by atoms with van der Waals surface area (Å²) in [5, 5.41) is 8.60. The fraction of sp³-hybridized carbons (Fsp3) is 0.400. The maximum atomic E-state index is 11.6. The molecule has 1 aliphatic rings. The number of benzene rings is 1. The predicted molar refractivity (Wildman–Crippen MR) is 111 cm³/mol. The Kier molecular flexibility index (Phi) is 6.16. The Labute approximate surface area is 170 Å². The summed E-state index contributed by atoms with van der Waals surface area (Å²) in [6.07, 6.45) is 1.14. The summed E-state index contributed by atoms with van der Waals surface area (Å²) in [5.41, 5.74) is 7.81. The minimum absolute atomic E-state index is 0.0231. The number of hydrogen-bond donors (Lipinski definition) is 2. The Hall–Kier alpha value is -3.36. The van der Waals surface area contributed by atoms with E-state index >= 15 is 0 Å². The standard InChI is InChI=1S/C20H26N6O3/c1-13(2)29-14-4-5-16(21)15(10-14)19(22)17-11-18(24-12-23-17)25-6-8-26(9-7-25)20(27)28-3/h4-5,10-13,22H,6-9,21H2,1-3H3. The Morgan fingerprint density at radius 3 is 2.55 bits per heavy atom. The number of carbonyl (C=O) groups excluding carboxylic acids is 1. The molecule has 0 bridgehead atoms. The summed E-state index contributed by atoms with van der Waals surface area (Å²) in [4.78, 5) is 23.9. The summed E-state index contributed by atoms with van der Waals surface area (Å²) in [6.45, 7) is 6.23. The van der Waals surface area contributed by atoms with Gasteiger partial charge in [-0.15, -0.1) is 0 Å². The van der Waals surface area contributed by atoms with Gasteiger partial charge in [0.1, 0.15) is 17.9 Å². The van der Waals surface area contributed by atoms with E-state index in [9.17, 15) is 4.79 Å². The Bertz CT molecular complexity index is 894. The van der Waals surface area contributed by atoms with Crippen LogP contribution in [-0.4, -0.2) is 66.1 Å². The van der Waals surface area contributed by atoms with Crippen LogP contribution < -0.4 is 15.4 Å². The highest BCUT2D eigenvalue weighted by atomic mass is 16.5. The van der Waals surface area contributed by atoms with E-state index < -0.39 is 0 Å². The third kappa shape index (κ3) is 4.74. The summed E-state index contributed by atoms with van der Waals surface area (Å²) in [5.74, 6) is 1.36. The summed E-state index contributed by atoms with van der Waals surface area (Å²) >= 11 is 0. The van der Waals surface area contributed by atoms with Gasteiger partial charge < -0.3 is 25.0 Å². The lowest BCUT2D eigenvalue weighted by atomic mass is 10.0. The quantitative estimate of drug-likeness (QED) is 0.585. The number of piperazine rings is 1. The second-order valence-electron chi connectivity index (χ2n) is 7.00. The van der Waals surface area contributed by atoms with Gasteiger partial charge in [0.2, 0.25) is 0 Å². The van der Waals surface area contributed by atoms with Crippen LogP contribution in [0.1, 0.15) is 25.1 Å². The van der Waals surface area contributed by atoms with Crippen LogP contribution in [0.4, 0.5) is 16.3 Å². The zero-order chi connectivity index (χ0) is 21.0. The van der Waals surface area contributed by atoms with Gasteiger partial charge in [-0.1, -0.05) is 0 Å². The van der Waals surface area contributed by atoms with Crippen molar-refractivity contribution in [2.45, 2.75) is 20.0 Å². The zero-order valence-electron chi connectivity index (χ0n) is 16.9. The number of nitrogens with one attached hydrogen (secondary N) is 1. The number of anilines is 2. The molecular weight excluding hydrogens is 372 g/mol. The number of amides is 1. The van der Waals surface area contributed by atoms with E-state index in [1.54, 1.807) is 29.2 Å². The van der Waals surface area contributed by atoms with Crippen molar-refractivity contribution in [1.82, 2.24) is 14.9 Å². The number of aromatic nitrogens is 2. The average molecular weight is 398 g/mol. The Morgan fingerprint density at radius 1 is 1.17 bits per heavy atom. The van der Waals surface area contributed by atoms with Crippen molar-refractivity contribution in [1.29, 1.82) is 5.41 Å². The van der Waals surface area contributed by atoms with Gasteiger partial charge in [0.15, 0.2) is 0 Å². The van der Waals surface area contributed by atoms with Gasteiger partial charge in [-0.25, -0.2) is 14.8 Å². The largest absolute Gasteiger partial charge is 0.491 e. The van der Waals surface area contributed by atoms with Crippen LogP contribution in [0.15, 0.2) is 30.6 Å². The number of hydrogen-bond acceptors (Lipinski definition) is 8. The molecule has 0 radical (unpaired) electrons. The first-order chi connectivity index (χ1) is 13.9. The van der Waals surface area contributed by atoms with Crippen LogP contribution in [0, 0.1) is 5.41 Å². The van der Waals surface area contributed by atoms with Gasteiger partial charge in [0.05, 0.1) is 24.6 Å². The number of nitrogens with two attached hydrogens (primary N) is 1. The van der Waals surface area contributed by atoms with Gasteiger partial charge in [0, 0.05) is 43.5 Å². The van der Waals surface area contributed by atoms with E-state index in [2.05, 4.69) is 14.9 Å². The molecule has 1 amide bonds. The van der Waals surface area contributed by atoms with Gasteiger partial charge in [-0.3, -0.25) is 5.41 Å². The highest BCUT2D eigenvalue weighted by Crippen LogP contribution is 2.24. The molecule has 3 N–H and O–H groups in total. The van der Waals surface area contributed by atoms with Crippen molar-refractivity contribution < 1.29 is 14.3 Å². The van der Waals surface area contributed by atoms with E-state index in [0.29, 0.717) is 54.7 Å². The second-order valence-corrected chi connectivity index (χ2v) is 7.00. The van der Waals surface area contributed by atoms with Crippen LogP contribution in [-0.2, 0) is 4.74 Å². The number of nitrogen functional groups attached to an aromatic ring is 1. The van der Waals surface area contributed by atoms with Crippen LogP contribution in [0.3, 0.4) is 0 Å². The normalized spacial score (nSPS) is 14.1. The lowest BCUT2D eigenvalue weighted by Gasteiger charge is -2.34. The molecule has 29 heavy (non-hydrogen) atoms. The molecule has 2 aromatic rings. The van der Waals surface area contributed by atoms with Gasteiger partial charge >= 0.3 is 6.09 Å². The van der Waals surface area contributed by atoms with E-state index in [4.69, 9.17) is 20.6 Å². The van der Waals surface area contributed by atoms with E-state index in [0.717, 1.165) is 0 Å². The first-order valence-electron chi connectivity index (χ1n) is 9.44. The summed E-state index contributed by atoms with van der Waals surface area (Å²) in [6, 6.07) is 7.05. The minimum Gasteiger partial charge on any atom is -0.491 e. The van der Waals surface area contributed by atoms with Crippen LogP contribution >= 0.6 is 0 Å². The number of methoxy groups -OCH3 is 1. The Morgan fingerprint density at radius 2 is 1.90 bits per heavy atom. The minimum atomic E-state index is -0.325. The lowest BCUT2D eigenvalue weighted by Crippen LogP contribution is -2.49. The zero-order valence-corrected chi connectivity index (χ0v) is 16.9. The predicted octanol–water partition coefficient (Wildman–Crippen LogP) is 2.15. The van der Waals surface area contributed by atoms with Crippen LogP contribution in [0.2, 0.25) is 0 Å². The molecule has 0 unspecified atom stereocenters. The van der Waals surface area contributed by atoms with E-state index in [1.165, 1.54) is 13.4 Å². The SMILES string of the molecule is COC(=O)N1CCN(c2cc(C(=N)c3cc(OC(C)C)ccc3N)ncn2)CC1. The van der Waals surface area contributed by atoms with Crippen LogP contribution in [0.5, 0.6) is 5.75 Å². The maximum absolute atomic E-state index is 11.6. The van der Waals surface area contributed by atoms with Crippen LogP contribution in [0.25, 0.3) is 0 Å². The molecule has 9 heteroatoms.